The van der Waals surface area contributed by atoms with Crippen molar-refractivity contribution in [1.82, 2.24) is 9.97 Å². The van der Waals surface area contributed by atoms with Gasteiger partial charge in [0.25, 0.3) is 0 Å². The highest BCUT2D eigenvalue weighted by Gasteiger charge is 2.04. The van der Waals surface area contributed by atoms with Gasteiger partial charge in [-0.25, -0.2) is 14.8 Å². The third-order valence-electron chi connectivity index (χ3n) is 1.13. The van der Waals surface area contributed by atoms with Crippen LogP contribution in [0.25, 0.3) is 0 Å². The first-order valence-corrected chi connectivity index (χ1v) is 3.37. The summed E-state index contributed by atoms with van der Waals surface area (Å²) in [5, 5.41) is 0. The molecule has 0 saturated heterocycles. The van der Waals surface area contributed by atoms with E-state index in [0.29, 0.717) is 5.56 Å². The lowest BCUT2D eigenvalue weighted by Gasteiger charge is -1.98. The van der Waals surface area contributed by atoms with Crippen molar-refractivity contribution in [3.05, 3.63) is 36.9 Å². The predicted octanol–water partition coefficient (Wildman–Crippen LogP) is 0.819. The molecule has 0 amide bonds. The molecule has 12 heavy (non-hydrogen) atoms. The van der Waals surface area contributed by atoms with Crippen molar-refractivity contribution in [2.75, 3.05) is 6.61 Å². The standard InChI is InChI=1S/C8H8N2O2/c1-2-3-12-8(11)7-4-9-6-10-5-7/h2,4-6H,1,3H2. The summed E-state index contributed by atoms with van der Waals surface area (Å²) >= 11 is 0. The number of carbonyl (C=O) groups excluding carboxylic acids is 1. The molecule has 0 bridgehead atoms. The first-order chi connectivity index (χ1) is 5.84. The van der Waals surface area contributed by atoms with Crippen LogP contribution in [0.5, 0.6) is 0 Å². The van der Waals surface area contributed by atoms with Gasteiger partial charge in [0.2, 0.25) is 0 Å². The van der Waals surface area contributed by atoms with E-state index in [-0.39, 0.29) is 6.61 Å². The molecule has 4 nitrogen and oxygen atoms in total. The third-order valence-corrected chi connectivity index (χ3v) is 1.13. The van der Waals surface area contributed by atoms with E-state index in [0.717, 1.165) is 0 Å². The molecule has 4 heteroatoms. The van der Waals surface area contributed by atoms with Crippen LogP contribution >= 0.6 is 0 Å². The van der Waals surface area contributed by atoms with Crippen molar-refractivity contribution in [2.24, 2.45) is 0 Å². The number of hydrogen-bond donors (Lipinski definition) is 0. The fourth-order valence-electron chi connectivity index (χ4n) is 0.622. The highest BCUT2D eigenvalue weighted by atomic mass is 16.5. The summed E-state index contributed by atoms with van der Waals surface area (Å²) < 4.78 is 4.74. The second kappa shape index (κ2) is 4.23. The molecule has 0 unspecified atom stereocenters. The minimum Gasteiger partial charge on any atom is -0.458 e. The maximum Gasteiger partial charge on any atom is 0.341 e. The van der Waals surface area contributed by atoms with E-state index >= 15 is 0 Å². The van der Waals surface area contributed by atoms with Crippen LogP contribution in [0.1, 0.15) is 10.4 Å². The average molecular weight is 164 g/mol. The van der Waals surface area contributed by atoms with E-state index < -0.39 is 5.97 Å². The second-order valence-corrected chi connectivity index (χ2v) is 2.01. The van der Waals surface area contributed by atoms with Crippen molar-refractivity contribution in [2.45, 2.75) is 0 Å². The van der Waals surface area contributed by atoms with Crippen LogP contribution in [0.4, 0.5) is 0 Å². The van der Waals surface area contributed by atoms with E-state index in [1.54, 1.807) is 0 Å². The van der Waals surface area contributed by atoms with Crippen molar-refractivity contribution in [1.29, 1.82) is 0 Å². The Hall–Kier alpha value is -1.71. The summed E-state index contributed by atoms with van der Waals surface area (Å²) in [6, 6.07) is 0. The van der Waals surface area contributed by atoms with Gasteiger partial charge in [-0.2, -0.15) is 0 Å². The Balaban J connectivity index is 2.59. The minimum atomic E-state index is -0.435. The highest BCUT2D eigenvalue weighted by Crippen LogP contribution is 1.95. The highest BCUT2D eigenvalue weighted by molar-refractivity contribution is 5.88. The quantitative estimate of drug-likeness (QED) is 0.490. The van der Waals surface area contributed by atoms with E-state index in [1.165, 1.54) is 24.8 Å². The zero-order chi connectivity index (χ0) is 8.81. The van der Waals surface area contributed by atoms with Gasteiger partial charge >= 0.3 is 5.97 Å². The summed E-state index contributed by atoms with van der Waals surface area (Å²) in [6.07, 6.45) is 5.66. The Morgan fingerprint density at radius 1 is 1.58 bits per heavy atom. The van der Waals surface area contributed by atoms with Crippen molar-refractivity contribution >= 4 is 5.97 Å². The molecular weight excluding hydrogens is 156 g/mol. The Kier molecular flexibility index (Phi) is 2.95. The summed E-state index contributed by atoms with van der Waals surface area (Å²) in [6.45, 7) is 3.62. The number of aromatic nitrogens is 2. The molecule has 1 heterocycles. The average Bonchev–Trinajstić information content (AvgIpc) is 2.15. The summed E-state index contributed by atoms with van der Waals surface area (Å²) in [5.74, 6) is -0.435. The van der Waals surface area contributed by atoms with Crippen molar-refractivity contribution in [3.63, 3.8) is 0 Å². The summed E-state index contributed by atoms with van der Waals surface area (Å²) in [4.78, 5) is 18.4. The molecule has 0 N–H and O–H groups in total. The molecule has 0 aromatic carbocycles. The maximum absolute atomic E-state index is 11.1. The van der Waals surface area contributed by atoms with E-state index in [2.05, 4.69) is 16.5 Å². The van der Waals surface area contributed by atoms with Crippen molar-refractivity contribution < 1.29 is 9.53 Å². The van der Waals surface area contributed by atoms with Crippen LogP contribution in [0.15, 0.2) is 31.4 Å². The molecule has 62 valence electrons. The van der Waals surface area contributed by atoms with Crippen LogP contribution in [-0.4, -0.2) is 22.5 Å². The second-order valence-electron chi connectivity index (χ2n) is 2.01. The fraction of sp³-hybridized carbons (Fsp3) is 0.125. The first kappa shape index (κ1) is 8.39. The number of hydrogen-bond acceptors (Lipinski definition) is 4. The van der Waals surface area contributed by atoms with Gasteiger partial charge in [0.1, 0.15) is 12.9 Å². The number of esters is 1. The number of ether oxygens (including phenoxy) is 1. The van der Waals surface area contributed by atoms with E-state index in [1.807, 2.05) is 0 Å². The van der Waals surface area contributed by atoms with E-state index in [9.17, 15) is 4.79 Å². The number of rotatable bonds is 3. The molecule has 0 saturated carbocycles. The molecular formula is C8H8N2O2. The molecule has 1 aromatic heterocycles. The third kappa shape index (κ3) is 2.16. The van der Waals surface area contributed by atoms with Gasteiger partial charge in [-0.05, 0) is 0 Å². The van der Waals surface area contributed by atoms with Crippen LogP contribution < -0.4 is 0 Å². The molecule has 0 radical (unpaired) electrons. The zero-order valence-electron chi connectivity index (χ0n) is 6.43. The number of carbonyl (C=O) groups is 1. The van der Waals surface area contributed by atoms with E-state index in [4.69, 9.17) is 4.74 Å². The first-order valence-electron chi connectivity index (χ1n) is 3.37. The topological polar surface area (TPSA) is 52.1 Å². The van der Waals surface area contributed by atoms with Gasteiger partial charge < -0.3 is 4.74 Å². The van der Waals surface area contributed by atoms with Gasteiger partial charge in [0, 0.05) is 12.4 Å². The number of nitrogens with zero attached hydrogens (tertiary/aromatic N) is 2. The van der Waals surface area contributed by atoms with Crippen LogP contribution in [-0.2, 0) is 4.74 Å². The lowest BCUT2D eigenvalue weighted by Crippen LogP contribution is -2.05. The van der Waals surface area contributed by atoms with Crippen LogP contribution in [0.2, 0.25) is 0 Å². The Morgan fingerprint density at radius 2 is 2.25 bits per heavy atom. The lowest BCUT2D eigenvalue weighted by atomic mass is 10.3. The molecule has 0 spiro atoms. The van der Waals surface area contributed by atoms with Gasteiger partial charge in [0.05, 0.1) is 5.56 Å². The largest absolute Gasteiger partial charge is 0.458 e. The monoisotopic (exact) mass is 164 g/mol. The predicted molar refractivity (Wildman–Crippen MR) is 42.5 cm³/mol. The normalized spacial score (nSPS) is 9.00. The van der Waals surface area contributed by atoms with Crippen molar-refractivity contribution in [3.8, 4) is 0 Å². The summed E-state index contributed by atoms with van der Waals surface area (Å²) in [7, 11) is 0. The maximum atomic E-state index is 11.1. The lowest BCUT2D eigenvalue weighted by molar-refractivity contribution is 0.0548. The molecule has 0 aliphatic heterocycles. The Bertz CT molecular complexity index is 272. The minimum absolute atomic E-state index is 0.202. The fourth-order valence-corrected chi connectivity index (χ4v) is 0.622. The smallest absolute Gasteiger partial charge is 0.341 e. The van der Waals surface area contributed by atoms with Gasteiger partial charge in [0.15, 0.2) is 0 Å². The molecule has 0 aliphatic carbocycles. The van der Waals surface area contributed by atoms with Gasteiger partial charge in [-0.3, -0.25) is 0 Å². The van der Waals surface area contributed by atoms with Gasteiger partial charge in [-0.15, -0.1) is 0 Å². The van der Waals surface area contributed by atoms with Gasteiger partial charge in [-0.1, -0.05) is 12.7 Å². The van der Waals surface area contributed by atoms with Crippen LogP contribution in [0, 0.1) is 0 Å². The molecule has 0 atom stereocenters. The SMILES string of the molecule is C=CCOC(=O)c1cncnc1. The molecule has 1 rings (SSSR count). The zero-order valence-corrected chi connectivity index (χ0v) is 6.43. The molecule has 0 aliphatic rings. The Labute approximate surface area is 69.9 Å². The summed E-state index contributed by atoms with van der Waals surface area (Å²) in [5.41, 5.74) is 0.347. The van der Waals surface area contributed by atoms with Crippen LogP contribution in [0.3, 0.4) is 0 Å². The Morgan fingerprint density at radius 3 is 2.83 bits per heavy atom. The molecule has 1 aromatic rings. The molecule has 0 fully saturated rings.